The largest absolute Gasteiger partial charge is 0.469 e. The molecule has 0 saturated heterocycles. The molecule has 0 amide bonds. The molecule has 0 bridgehead atoms. The van der Waals surface area contributed by atoms with Gasteiger partial charge in [0.15, 0.2) is 5.78 Å². The fourth-order valence-electron chi connectivity index (χ4n) is 1.66. The summed E-state index contributed by atoms with van der Waals surface area (Å²) in [7, 11) is 2.41. The lowest BCUT2D eigenvalue weighted by Crippen LogP contribution is -2.29. The highest BCUT2D eigenvalue weighted by atomic mass is 16.5. The number of Topliss-reactive ketones (excluding diaryl/α,β-unsaturated/α-hetero) is 1. The van der Waals surface area contributed by atoms with Gasteiger partial charge in [-0.1, -0.05) is 30.3 Å². The van der Waals surface area contributed by atoms with Crippen molar-refractivity contribution in [3.63, 3.8) is 0 Å². The van der Waals surface area contributed by atoms with Gasteiger partial charge in [0.2, 0.25) is 0 Å². The van der Waals surface area contributed by atoms with E-state index in [2.05, 4.69) is 9.47 Å². The lowest BCUT2D eigenvalue weighted by atomic mass is 9.93. The van der Waals surface area contributed by atoms with Crippen LogP contribution in [0.1, 0.15) is 12.0 Å². The van der Waals surface area contributed by atoms with Gasteiger partial charge in [-0.15, -0.1) is 0 Å². The van der Waals surface area contributed by atoms with Gasteiger partial charge in [-0.3, -0.25) is 14.4 Å². The van der Waals surface area contributed by atoms with Crippen molar-refractivity contribution in [1.82, 2.24) is 0 Å². The van der Waals surface area contributed by atoms with E-state index >= 15 is 0 Å². The summed E-state index contributed by atoms with van der Waals surface area (Å²) < 4.78 is 9.03. The standard InChI is InChI=1S/C14H16O5/c1-18-13(16)9-12(15)11(14(17)19-2)8-10-6-4-3-5-7-10/h3-7,11H,8-9H2,1-2H3. The number of esters is 2. The molecule has 0 aliphatic heterocycles. The van der Waals surface area contributed by atoms with Gasteiger partial charge < -0.3 is 9.47 Å². The highest BCUT2D eigenvalue weighted by Crippen LogP contribution is 2.13. The predicted molar refractivity (Wildman–Crippen MR) is 67.3 cm³/mol. The topological polar surface area (TPSA) is 69.7 Å². The molecule has 5 heteroatoms. The van der Waals surface area contributed by atoms with Crippen molar-refractivity contribution in [1.29, 1.82) is 0 Å². The van der Waals surface area contributed by atoms with Gasteiger partial charge in [0.05, 0.1) is 14.2 Å². The molecule has 1 rings (SSSR count). The average Bonchev–Trinajstić information content (AvgIpc) is 2.44. The monoisotopic (exact) mass is 264 g/mol. The molecule has 0 radical (unpaired) electrons. The number of benzene rings is 1. The van der Waals surface area contributed by atoms with Crippen molar-refractivity contribution in [2.24, 2.45) is 5.92 Å². The van der Waals surface area contributed by atoms with Gasteiger partial charge in [0.25, 0.3) is 0 Å². The maximum absolute atomic E-state index is 11.9. The second-order valence-electron chi connectivity index (χ2n) is 3.98. The molecular weight excluding hydrogens is 248 g/mol. The molecule has 19 heavy (non-hydrogen) atoms. The Morgan fingerprint density at radius 3 is 2.21 bits per heavy atom. The Bertz CT molecular complexity index is 452. The summed E-state index contributed by atoms with van der Waals surface area (Å²) in [6.45, 7) is 0. The van der Waals surface area contributed by atoms with Crippen molar-refractivity contribution >= 4 is 17.7 Å². The third-order valence-corrected chi connectivity index (χ3v) is 2.70. The second kappa shape index (κ2) is 7.31. The fraction of sp³-hybridized carbons (Fsp3) is 0.357. The maximum Gasteiger partial charge on any atom is 0.316 e. The minimum Gasteiger partial charge on any atom is -0.469 e. The lowest BCUT2D eigenvalue weighted by Gasteiger charge is -2.13. The molecule has 1 aromatic carbocycles. The minimum atomic E-state index is -0.980. The van der Waals surface area contributed by atoms with E-state index in [0.717, 1.165) is 5.56 Å². The smallest absolute Gasteiger partial charge is 0.316 e. The normalized spacial score (nSPS) is 11.5. The molecule has 1 unspecified atom stereocenters. The van der Waals surface area contributed by atoms with E-state index in [-0.39, 0.29) is 6.42 Å². The van der Waals surface area contributed by atoms with Crippen molar-refractivity contribution in [3.8, 4) is 0 Å². The summed E-state index contributed by atoms with van der Waals surface area (Å²) in [6, 6.07) is 9.08. The van der Waals surface area contributed by atoms with Crippen LogP contribution in [0.2, 0.25) is 0 Å². The Kier molecular flexibility index (Phi) is 5.73. The number of hydrogen-bond acceptors (Lipinski definition) is 5. The average molecular weight is 264 g/mol. The van der Waals surface area contributed by atoms with E-state index in [0.29, 0.717) is 0 Å². The van der Waals surface area contributed by atoms with Crippen LogP contribution in [0.4, 0.5) is 0 Å². The van der Waals surface area contributed by atoms with Crippen LogP contribution in [-0.2, 0) is 30.3 Å². The molecule has 102 valence electrons. The number of carbonyl (C=O) groups is 3. The number of ether oxygens (including phenoxy) is 2. The summed E-state index contributed by atoms with van der Waals surface area (Å²) in [5, 5.41) is 0. The Hall–Kier alpha value is -2.17. The molecule has 0 N–H and O–H groups in total. The highest BCUT2D eigenvalue weighted by Gasteiger charge is 2.29. The van der Waals surface area contributed by atoms with E-state index in [1.54, 1.807) is 12.1 Å². The van der Waals surface area contributed by atoms with Gasteiger partial charge in [0.1, 0.15) is 12.3 Å². The van der Waals surface area contributed by atoms with Gasteiger partial charge in [0, 0.05) is 0 Å². The third-order valence-electron chi connectivity index (χ3n) is 2.70. The van der Waals surface area contributed by atoms with Crippen LogP contribution in [0.5, 0.6) is 0 Å². The summed E-state index contributed by atoms with van der Waals surface area (Å²) in [4.78, 5) is 34.6. The van der Waals surface area contributed by atoms with Crippen LogP contribution >= 0.6 is 0 Å². The molecule has 0 heterocycles. The number of ketones is 1. The SMILES string of the molecule is COC(=O)CC(=O)C(Cc1ccccc1)C(=O)OC. The molecule has 1 atom stereocenters. The number of hydrogen-bond donors (Lipinski definition) is 0. The number of rotatable bonds is 6. The molecule has 0 aliphatic carbocycles. The highest BCUT2D eigenvalue weighted by molar-refractivity contribution is 6.06. The zero-order chi connectivity index (χ0) is 14.3. The summed E-state index contributed by atoms with van der Waals surface area (Å²) in [5.41, 5.74) is 0.830. The van der Waals surface area contributed by atoms with Crippen molar-refractivity contribution in [3.05, 3.63) is 35.9 Å². The van der Waals surface area contributed by atoms with Crippen molar-refractivity contribution in [2.75, 3.05) is 14.2 Å². The molecule has 0 aliphatic rings. The van der Waals surface area contributed by atoms with Crippen LogP contribution < -0.4 is 0 Å². The first-order chi connectivity index (χ1) is 9.08. The first kappa shape index (κ1) is 14.9. The maximum atomic E-state index is 11.9. The van der Waals surface area contributed by atoms with Crippen LogP contribution in [0.3, 0.4) is 0 Å². The van der Waals surface area contributed by atoms with E-state index in [9.17, 15) is 14.4 Å². The molecular formula is C14H16O5. The van der Waals surface area contributed by atoms with E-state index in [1.165, 1.54) is 14.2 Å². The van der Waals surface area contributed by atoms with E-state index in [4.69, 9.17) is 0 Å². The Morgan fingerprint density at radius 1 is 1.05 bits per heavy atom. The number of carbonyl (C=O) groups excluding carboxylic acids is 3. The molecule has 0 saturated carbocycles. The summed E-state index contributed by atoms with van der Waals surface area (Å²) >= 11 is 0. The summed E-state index contributed by atoms with van der Waals surface area (Å²) in [6.07, 6.45) is -0.216. The zero-order valence-electron chi connectivity index (χ0n) is 10.9. The molecule has 0 fully saturated rings. The number of methoxy groups -OCH3 is 2. The zero-order valence-corrected chi connectivity index (χ0v) is 10.9. The minimum absolute atomic E-state index is 0.212. The molecule has 1 aromatic rings. The van der Waals surface area contributed by atoms with Crippen LogP contribution in [-0.4, -0.2) is 31.9 Å². The van der Waals surface area contributed by atoms with Crippen LogP contribution in [0, 0.1) is 5.92 Å². The quantitative estimate of drug-likeness (QED) is 0.569. The Morgan fingerprint density at radius 2 is 1.68 bits per heavy atom. The van der Waals surface area contributed by atoms with Gasteiger partial charge in [-0.2, -0.15) is 0 Å². The van der Waals surface area contributed by atoms with E-state index in [1.807, 2.05) is 18.2 Å². The lowest BCUT2D eigenvalue weighted by molar-refractivity contribution is -0.151. The first-order valence-corrected chi connectivity index (χ1v) is 5.79. The van der Waals surface area contributed by atoms with Crippen molar-refractivity contribution in [2.45, 2.75) is 12.8 Å². The second-order valence-corrected chi connectivity index (χ2v) is 3.98. The fourth-order valence-corrected chi connectivity index (χ4v) is 1.66. The van der Waals surface area contributed by atoms with Crippen molar-refractivity contribution < 1.29 is 23.9 Å². The predicted octanol–water partition coefficient (Wildman–Crippen LogP) is 1.15. The Labute approximate surface area is 111 Å². The molecule has 0 spiro atoms. The Balaban J connectivity index is 2.80. The van der Waals surface area contributed by atoms with Gasteiger partial charge in [-0.05, 0) is 12.0 Å². The van der Waals surface area contributed by atoms with Gasteiger partial charge in [-0.25, -0.2) is 0 Å². The summed E-state index contributed by atoms with van der Waals surface area (Å²) in [5.74, 6) is -2.78. The van der Waals surface area contributed by atoms with Gasteiger partial charge >= 0.3 is 11.9 Å². The van der Waals surface area contributed by atoms with E-state index < -0.39 is 30.1 Å². The van der Waals surface area contributed by atoms with Crippen LogP contribution in [0.25, 0.3) is 0 Å². The van der Waals surface area contributed by atoms with Crippen LogP contribution in [0.15, 0.2) is 30.3 Å². The third kappa shape index (κ3) is 4.54. The molecule has 0 aromatic heterocycles. The first-order valence-electron chi connectivity index (χ1n) is 5.79. The molecule has 5 nitrogen and oxygen atoms in total.